The lowest BCUT2D eigenvalue weighted by atomic mass is 9.81. The van der Waals surface area contributed by atoms with Crippen molar-refractivity contribution in [2.45, 2.75) is 45.6 Å². The maximum Gasteiger partial charge on any atom is 0.178 e. The predicted octanol–water partition coefficient (Wildman–Crippen LogP) is 5.68. The van der Waals surface area contributed by atoms with Crippen LogP contribution in [0.4, 0.5) is 0 Å². The average Bonchev–Trinajstić information content (AvgIpc) is 2.72. The van der Waals surface area contributed by atoms with E-state index in [-0.39, 0.29) is 0 Å². The number of halogens is 1. The Hall–Kier alpha value is -0.610. The summed E-state index contributed by atoms with van der Waals surface area (Å²) in [6.45, 7) is 3.42. The number of aromatic amines is 1. The molecule has 1 N–H and O–H groups in total. The molecule has 1 aliphatic carbocycles. The number of benzene rings is 1. The van der Waals surface area contributed by atoms with Crippen LogP contribution < -0.4 is 0 Å². The van der Waals surface area contributed by atoms with Gasteiger partial charge in [0, 0.05) is 11.0 Å². The lowest BCUT2D eigenvalue weighted by molar-refractivity contribution is 0.261. The van der Waals surface area contributed by atoms with E-state index in [0.29, 0.717) is 0 Å². The van der Waals surface area contributed by atoms with Gasteiger partial charge in [-0.15, -0.1) is 0 Å². The van der Waals surface area contributed by atoms with Gasteiger partial charge in [-0.25, -0.2) is 0 Å². The molecule has 1 saturated carbocycles. The highest BCUT2D eigenvalue weighted by Gasteiger charge is 2.19. The molecule has 1 aliphatic rings. The summed E-state index contributed by atoms with van der Waals surface area (Å²) in [5.41, 5.74) is 2.35. The Labute approximate surface area is 133 Å². The number of imidazole rings is 1. The van der Waals surface area contributed by atoms with E-state index in [2.05, 4.69) is 50.6 Å². The third-order valence-electron chi connectivity index (χ3n) is 4.54. The molecule has 3 rings (SSSR count). The number of nitrogens with one attached hydrogen (secondary N) is 1. The van der Waals surface area contributed by atoms with Gasteiger partial charge in [0.1, 0.15) is 0 Å². The zero-order valence-electron chi connectivity index (χ0n) is 11.9. The number of nitrogens with zero attached hydrogens (tertiary/aromatic N) is 1. The van der Waals surface area contributed by atoms with Crippen molar-refractivity contribution in [2.24, 2.45) is 11.8 Å². The Balaban J connectivity index is 1.78. The number of hydrogen-bond acceptors (Lipinski definition) is 1. The van der Waals surface area contributed by atoms with Crippen molar-refractivity contribution in [1.82, 2.24) is 9.55 Å². The molecule has 0 aliphatic heterocycles. The van der Waals surface area contributed by atoms with E-state index >= 15 is 0 Å². The number of rotatable bonds is 3. The topological polar surface area (TPSA) is 20.7 Å². The summed E-state index contributed by atoms with van der Waals surface area (Å²) >= 11 is 9.03. The molecule has 1 fully saturated rings. The van der Waals surface area contributed by atoms with Crippen molar-refractivity contribution < 1.29 is 0 Å². The van der Waals surface area contributed by atoms with Crippen molar-refractivity contribution >= 4 is 39.2 Å². The van der Waals surface area contributed by atoms with Crippen LogP contribution in [0, 0.1) is 16.6 Å². The van der Waals surface area contributed by atoms with Crippen molar-refractivity contribution in [1.29, 1.82) is 0 Å². The molecule has 0 saturated heterocycles. The van der Waals surface area contributed by atoms with Crippen molar-refractivity contribution in [2.75, 3.05) is 0 Å². The largest absolute Gasteiger partial charge is 0.331 e. The fraction of sp³-hybridized carbons (Fsp3) is 0.562. The highest BCUT2D eigenvalue weighted by Crippen LogP contribution is 2.31. The number of hydrogen-bond donors (Lipinski definition) is 1. The Morgan fingerprint density at radius 3 is 3.05 bits per heavy atom. The number of aromatic nitrogens is 2. The third-order valence-corrected chi connectivity index (χ3v) is 5.36. The Morgan fingerprint density at radius 2 is 2.25 bits per heavy atom. The van der Waals surface area contributed by atoms with Gasteiger partial charge in [0.25, 0.3) is 0 Å². The maximum atomic E-state index is 5.48. The predicted molar refractivity (Wildman–Crippen MR) is 90.6 cm³/mol. The van der Waals surface area contributed by atoms with Crippen LogP contribution in [-0.2, 0) is 6.54 Å². The smallest absolute Gasteiger partial charge is 0.178 e. The first kappa shape index (κ1) is 14.3. The van der Waals surface area contributed by atoms with Crippen LogP contribution in [-0.4, -0.2) is 9.55 Å². The molecular formula is C16H21BrN2S. The Bertz CT molecular complexity index is 658. The van der Waals surface area contributed by atoms with Crippen LogP contribution in [0.25, 0.3) is 11.0 Å². The second-order valence-electron chi connectivity index (χ2n) is 6.17. The van der Waals surface area contributed by atoms with Crippen molar-refractivity contribution in [3.8, 4) is 0 Å². The molecule has 0 spiro atoms. The van der Waals surface area contributed by atoms with E-state index in [4.69, 9.17) is 12.2 Å². The second kappa shape index (κ2) is 6.02. The van der Waals surface area contributed by atoms with E-state index in [9.17, 15) is 0 Å². The Morgan fingerprint density at radius 1 is 1.40 bits per heavy atom. The van der Waals surface area contributed by atoms with E-state index in [1.54, 1.807) is 0 Å². The van der Waals surface area contributed by atoms with Gasteiger partial charge in [-0.3, -0.25) is 0 Å². The molecule has 1 aromatic heterocycles. The van der Waals surface area contributed by atoms with Gasteiger partial charge in [0.2, 0.25) is 0 Å². The summed E-state index contributed by atoms with van der Waals surface area (Å²) in [7, 11) is 0. The van der Waals surface area contributed by atoms with Crippen LogP contribution in [0.15, 0.2) is 22.7 Å². The highest BCUT2D eigenvalue weighted by molar-refractivity contribution is 9.10. The first-order valence-corrected chi connectivity index (χ1v) is 8.71. The fourth-order valence-corrected chi connectivity index (χ4v) is 4.13. The van der Waals surface area contributed by atoms with Gasteiger partial charge in [0.15, 0.2) is 4.77 Å². The molecule has 108 valence electrons. The summed E-state index contributed by atoms with van der Waals surface area (Å²) in [5.74, 6) is 1.77. The fourth-order valence-electron chi connectivity index (χ4n) is 3.48. The lowest BCUT2D eigenvalue weighted by Crippen LogP contribution is -2.15. The van der Waals surface area contributed by atoms with Gasteiger partial charge < -0.3 is 9.55 Å². The van der Waals surface area contributed by atoms with E-state index in [0.717, 1.165) is 33.1 Å². The van der Waals surface area contributed by atoms with Crippen LogP contribution in [0.5, 0.6) is 0 Å². The number of fused-ring (bicyclic) bond motifs is 1. The van der Waals surface area contributed by atoms with Gasteiger partial charge in [-0.2, -0.15) is 0 Å². The van der Waals surface area contributed by atoms with Crippen molar-refractivity contribution in [3.05, 3.63) is 27.4 Å². The minimum Gasteiger partial charge on any atom is -0.331 e. The molecule has 4 heteroatoms. The molecule has 2 nitrogen and oxygen atoms in total. The molecule has 1 heterocycles. The van der Waals surface area contributed by atoms with Gasteiger partial charge in [0.05, 0.1) is 11.0 Å². The van der Waals surface area contributed by atoms with Crippen molar-refractivity contribution in [3.63, 3.8) is 0 Å². The first-order chi connectivity index (χ1) is 9.63. The summed E-state index contributed by atoms with van der Waals surface area (Å²) in [5, 5.41) is 0. The van der Waals surface area contributed by atoms with Crippen LogP contribution in [0.3, 0.4) is 0 Å². The normalized spacial score (nSPS) is 23.3. The van der Waals surface area contributed by atoms with E-state index in [1.165, 1.54) is 37.6 Å². The van der Waals surface area contributed by atoms with Gasteiger partial charge in [-0.1, -0.05) is 42.1 Å². The Kier molecular flexibility index (Phi) is 4.32. The van der Waals surface area contributed by atoms with Gasteiger partial charge in [-0.05, 0) is 55.1 Å². The highest BCUT2D eigenvalue weighted by atomic mass is 79.9. The van der Waals surface area contributed by atoms with Gasteiger partial charge >= 0.3 is 0 Å². The molecule has 0 amide bonds. The molecule has 1 aromatic carbocycles. The quantitative estimate of drug-likeness (QED) is 0.704. The number of aryl methyl sites for hydroxylation is 1. The third kappa shape index (κ3) is 3.01. The molecule has 0 bridgehead atoms. The minimum absolute atomic E-state index is 0.849. The standard InChI is InChI=1S/C16H21BrN2S/c1-11-3-2-4-12(9-11)7-8-19-15-10-13(17)5-6-14(15)18-16(19)20/h5-6,10-12H,2-4,7-9H2,1H3,(H,18,20). The van der Waals surface area contributed by atoms with Crippen LogP contribution in [0.2, 0.25) is 0 Å². The summed E-state index contributed by atoms with van der Waals surface area (Å²) < 4.78 is 4.22. The molecule has 2 atom stereocenters. The SMILES string of the molecule is CC1CCCC(CCn2c(=S)[nH]c3ccc(Br)cc32)C1. The maximum absolute atomic E-state index is 5.48. The lowest BCUT2D eigenvalue weighted by Gasteiger charge is -2.26. The monoisotopic (exact) mass is 352 g/mol. The zero-order valence-corrected chi connectivity index (χ0v) is 14.3. The van der Waals surface area contributed by atoms with Crippen LogP contribution >= 0.6 is 28.1 Å². The van der Waals surface area contributed by atoms with Crippen LogP contribution in [0.1, 0.15) is 39.0 Å². The minimum atomic E-state index is 0.849. The van der Waals surface area contributed by atoms with E-state index in [1.807, 2.05) is 0 Å². The average molecular weight is 353 g/mol. The molecule has 20 heavy (non-hydrogen) atoms. The second-order valence-corrected chi connectivity index (χ2v) is 7.47. The molecule has 2 unspecified atom stereocenters. The molecule has 2 aromatic rings. The molecule has 0 radical (unpaired) electrons. The molecular weight excluding hydrogens is 332 g/mol. The zero-order chi connectivity index (χ0) is 14.1. The summed E-state index contributed by atoms with van der Waals surface area (Å²) in [4.78, 5) is 3.31. The summed E-state index contributed by atoms with van der Waals surface area (Å²) in [6, 6.07) is 6.31. The summed E-state index contributed by atoms with van der Waals surface area (Å²) in [6.07, 6.45) is 6.84. The van der Waals surface area contributed by atoms with E-state index < -0.39 is 0 Å². The first-order valence-electron chi connectivity index (χ1n) is 7.51. The number of H-pyrrole nitrogens is 1.